The number of likely N-dealkylation sites (tertiary alicyclic amines) is 1. The van der Waals surface area contributed by atoms with Crippen molar-refractivity contribution in [1.82, 2.24) is 25.3 Å². The Hall–Kier alpha value is -1.70. The van der Waals surface area contributed by atoms with Crippen molar-refractivity contribution in [2.75, 3.05) is 26.2 Å². The van der Waals surface area contributed by atoms with Crippen molar-refractivity contribution in [3.63, 3.8) is 0 Å². The average molecular weight is 414 g/mol. The number of halogens is 2. The lowest BCUT2D eigenvalue weighted by Crippen LogP contribution is -2.44. The zero-order chi connectivity index (χ0) is 17.1. The maximum atomic E-state index is 12.5. The van der Waals surface area contributed by atoms with Crippen molar-refractivity contribution < 1.29 is 9.32 Å². The van der Waals surface area contributed by atoms with E-state index in [-0.39, 0.29) is 30.7 Å². The average Bonchev–Trinajstić information content (AvgIpc) is 3.31. The number of hydrogen-bond acceptors (Lipinski definition) is 6. The number of amides is 1. The van der Waals surface area contributed by atoms with Crippen LogP contribution >= 0.6 is 24.8 Å². The van der Waals surface area contributed by atoms with Crippen molar-refractivity contribution in [2.45, 2.75) is 32.1 Å². The Morgan fingerprint density at radius 3 is 2.70 bits per heavy atom. The van der Waals surface area contributed by atoms with E-state index in [1.54, 1.807) is 6.20 Å². The van der Waals surface area contributed by atoms with Gasteiger partial charge in [0.2, 0.25) is 17.6 Å². The van der Waals surface area contributed by atoms with Crippen LogP contribution in [-0.4, -0.2) is 52.1 Å². The number of aryl methyl sites for hydroxylation is 1. The molecule has 0 bridgehead atoms. The predicted molar refractivity (Wildman–Crippen MR) is 106 cm³/mol. The Morgan fingerprint density at radius 2 is 2.04 bits per heavy atom. The third-order valence-electron chi connectivity index (χ3n) is 5.42. The molecule has 1 spiro atoms. The van der Waals surface area contributed by atoms with Gasteiger partial charge in [-0.2, -0.15) is 4.98 Å². The van der Waals surface area contributed by atoms with Crippen LogP contribution in [0.25, 0.3) is 11.5 Å². The highest BCUT2D eigenvalue weighted by molar-refractivity contribution is 5.85. The molecule has 0 atom stereocenters. The van der Waals surface area contributed by atoms with Crippen LogP contribution in [-0.2, 0) is 11.2 Å². The zero-order valence-electron chi connectivity index (χ0n) is 15.1. The van der Waals surface area contributed by atoms with Gasteiger partial charge in [-0.15, -0.1) is 24.8 Å². The standard InChI is InChI=1S/C18H23N5O2.2ClH/c24-16(23-11-7-18(8-12-23)6-10-19-13-18)5-4-15-21-17(22-25-15)14-3-1-2-9-20-14;;/h1-3,9,19H,4-8,10-13H2;2*1H. The Morgan fingerprint density at radius 1 is 1.22 bits per heavy atom. The van der Waals surface area contributed by atoms with Gasteiger partial charge in [-0.25, -0.2) is 0 Å². The summed E-state index contributed by atoms with van der Waals surface area (Å²) in [6.45, 7) is 3.95. The molecule has 2 aromatic heterocycles. The maximum absolute atomic E-state index is 12.5. The Bertz CT molecular complexity index is 724. The van der Waals surface area contributed by atoms with E-state index in [1.165, 1.54) is 6.42 Å². The molecular weight excluding hydrogens is 389 g/mol. The van der Waals surface area contributed by atoms with Gasteiger partial charge in [0, 0.05) is 38.7 Å². The molecule has 1 N–H and O–H groups in total. The molecule has 0 radical (unpaired) electrons. The first-order chi connectivity index (χ1) is 12.2. The lowest BCUT2D eigenvalue weighted by Gasteiger charge is -2.38. The van der Waals surface area contributed by atoms with Crippen LogP contribution in [0.2, 0.25) is 0 Å². The number of carbonyl (C=O) groups is 1. The lowest BCUT2D eigenvalue weighted by atomic mass is 9.78. The highest BCUT2D eigenvalue weighted by atomic mass is 35.5. The summed E-state index contributed by atoms with van der Waals surface area (Å²) in [6.07, 6.45) is 6.04. The molecule has 0 aromatic carbocycles. The van der Waals surface area contributed by atoms with Crippen molar-refractivity contribution in [2.24, 2.45) is 5.41 Å². The van der Waals surface area contributed by atoms with Gasteiger partial charge < -0.3 is 14.7 Å². The van der Waals surface area contributed by atoms with E-state index in [9.17, 15) is 4.79 Å². The molecule has 0 saturated carbocycles. The quantitative estimate of drug-likeness (QED) is 0.828. The topological polar surface area (TPSA) is 84.1 Å². The number of carbonyl (C=O) groups excluding carboxylic acids is 1. The van der Waals surface area contributed by atoms with Crippen LogP contribution in [0.1, 0.15) is 31.6 Å². The molecule has 2 aliphatic rings. The second-order valence-corrected chi connectivity index (χ2v) is 7.03. The first-order valence-electron chi connectivity index (χ1n) is 8.97. The summed E-state index contributed by atoms with van der Waals surface area (Å²) in [4.78, 5) is 23.0. The number of nitrogens with zero attached hydrogens (tertiary/aromatic N) is 4. The number of pyridine rings is 1. The minimum atomic E-state index is 0. The fraction of sp³-hybridized carbons (Fsp3) is 0.556. The molecule has 0 aliphatic carbocycles. The van der Waals surface area contributed by atoms with E-state index in [0.29, 0.717) is 35.7 Å². The third kappa shape index (κ3) is 4.97. The van der Waals surface area contributed by atoms with Crippen LogP contribution in [0.3, 0.4) is 0 Å². The van der Waals surface area contributed by atoms with Crippen LogP contribution in [0.5, 0.6) is 0 Å². The fourth-order valence-electron chi connectivity index (χ4n) is 3.78. The van der Waals surface area contributed by atoms with E-state index < -0.39 is 0 Å². The molecule has 4 heterocycles. The summed E-state index contributed by atoms with van der Waals surface area (Å²) in [5.41, 5.74) is 1.11. The second-order valence-electron chi connectivity index (χ2n) is 7.03. The van der Waals surface area contributed by atoms with Gasteiger partial charge in [0.1, 0.15) is 5.69 Å². The first kappa shape index (κ1) is 21.6. The molecule has 2 aliphatic heterocycles. The first-order valence-corrected chi connectivity index (χ1v) is 8.97. The largest absolute Gasteiger partial charge is 0.343 e. The highest BCUT2D eigenvalue weighted by Gasteiger charge is 2.37. The Kier molecular flexibility index (Phi) is 7.59. The number of hydrogen-bond donors (Lipinski definition) is 1. The molecule has 4 rings (SSSR count). The summed E-state index contributed by atoms with van der Waals surface area (Å²) >= 11 is 0. The summed E-state index contributed by atoms with van der Waals surface area (Å²) in [5.74, 6) is 1.14. The molecule has 0 unspecified atom stereocenters. The summed E-state index contributed by atoms with van der Waals surface area (Å²) in [6, 6.07) is 5.56. The Balaban J connectivity index is 0.00000131. The Labute approximate surface area is 171 Å². The monoisotopic (exact) mass is 413 g/mol. The van der Waals surface area contributed by atoms with Gasteiger partial charge in [-0.1, -0.05) is 11.2 Å². The van der Waals surface area contributed by atoms with E-state index in [2.05, 4.69) is 20.4 Å². The third-order valence-corrected chi connectivity index (χ3v) is 5.42. The van der Waals surface area contributed by atoms with Gasteiger partial charge in [0.15, 0.2) is 0 Å². The number of nitrogens with one attached hydrogen (secondary N) is 1. The molecule has 2 saturated heterocycles. The van der Waals surface area contributed by atoms with Crippen LogP contribution in [0.15, 0.2) is 28.9 Å². The van der Waals surface area contributed by atoms with Crippen molar-refractivity contribution >= 4 is 30.7 Å². The summed E-state index contributed by atoms with van der Waals surface area (Å²) in [7, 11) is 0. The van der Waals surface area contributed by atoms with Gasteiger partial charge in [0.25, 0.3) is 0 Å². The zero-order valence-corrected chi connectivity index (χ0v) is 16.7. The highest BCUT2D eigenvalue weighted by Crippen LogP contribution is 2.37. The molecule has 148 valence electrons. The lowest BCUT2D eigenvalue weighted by molar-refractivity contribution is -0.133. The van der Waals surface area contributed by atoms with Crippen LogP contribution in [0, 0.1) is 5.41 Å². The minimum absolute atomic E-state index is 0. The normalized spacial score (nSPS) is 18.0. The van der Waals surface area contributed by atoms with Crippen LogP contribution in [0.4, 0.5) is 0 Å². The molecule has 7 nitrogen and oxygen atoms in total. The minimum Gasteiger partial charge on any atom is -0.343 e. The smallest absolute Gasteiger partial charge is 0.227 e. The summed E-state index contributed by atoms with van der Waals surface area (Å²) in [5, 5.41) is 7.40. The fourth-order valence-corrected chi connectivity index (χ4v) is 3.78. The van der Waals surface area contributed by atoms with Gasteiger partial charge in [0.05, 0.1) is 0 Å². The second kappa shape index (κ2) is 9.48. The number of aromatic nitrogens is 3. The van der Waals surface area contributed by atoms with Gasteiger partial charge >= 0.3 is 0 Å². The van der Waals surface area contributed by atoms with E-state index in [1.807, 2.05) is 23.1 Å². The summed E-state index contributed by atoms with van der Waals surface area (Å²) < 4.78 is 5.25. The molecular formula is C18H25Cl2N5O2. The molecule has 2 fully saturated rings. The molecule has 9 heteroatoms. The predicted octanol–water partition coefficient (Wildman–Crippen LogP) is 2.51. The number of piperidine rings is 1. The SMILES string of the molecule is Cl.Cl.O=C(CCc1nc(-c2ccccn2)no1)N1CCC2(CCNC2)CC1. The van der Waals surface area contributed by atoms with Crippen LogP contribution < -0.4 is 5.32 Å². The molecule has 27 heavy (non-hydrogen) atoms. The van der Waals surface area contributed by atoms with Crippen molar-refractivity contribution in [3.8, 4) is 11.5 Å². The van der Waals surface area contributed by atoms with Crippen molar-refractivity contribution in [1.29, 1.82) is 0 Å². The molecule has 2 aromatic rings. The van der Waals surface area contributed by atoms with Gasteiger partial charge in [-0.3, -0.25) is 9.78 Å². The van der Waals surface area contributed by atoms with Gasteiger partial charge in [-0.05, 0) is 43.4 Å². The van der Waals surface area contributed by atoms with E-state index in [4.69, 9.17) is 4.52 Å². The molecule has 1 amide bonds. The van der Waals surface area contributed by atoms with E-state index >= 15 is 0 Å². The number of rotatable bonds is 4. The maximum Gasteiger partial charge on any atom is 0.227 e. The van der Waals surface area contributed by atoms with E-state index in [0.717, 1.165) is 39.0 Å². The van der Waals surface area contributed by atoms with Crippen molar-refractivity contribution in [3.05, 3.63) is 30.3 Å².